The van der Waals surface area contributed by atoms with Gasteiger partial charge in [-0.15, -0.1) is 0 Å². The van der Waals surface area contributed by atoms with E-state index < -0.39 is 0 Å². The quantitative estimate of drug-likeness (QED) is 0.699. The molecule has 0 aromatic heterocycles. The fourth-order valence-corrected chi connectivity index (χ4v) is 3.06. The first-order chi connectivity index (χ1) is 9.27. The second-order valence-corrected chi connectivity index (χ2v) is 5.38. The number of carbonyl (C=O) groups is 2. The van der Waals surface area contributed by atoms with Crippen LogP contribution < -0.4 is 0 Å². The van der Waals surface area contributed by atoms with Crippen molar-refractivity contribution in [2.45, 2.75) is 25.7 Å². The Kier molecular flexibility index (Phi) is 3.66. The number of imide groups is 1. The lowest BCUT2D eigenvalue weighted by atomic mass is 9.93. The molecule has 0 bridgehead atoms. The molecule has 104 valence electrons. The Bertz CT molecular complexity index is 396. The van der Waals surface area contributed by atoms with Gasteiger partial charge in [0.2, 0.25) is 0 Å². The van der Waals surface area contributed by atoms with Crippen molar-refractivity contribution in [1.29, 1.82) is 0 Å². The molecule has 3 rings (SSSR count). The van der Waals surface area contributed by atoms with Gasteiger partial charge < -0.3 is 4.74 Å². The zero-order valence-corrected chi connectivity index (χ0v) is 11.2. The summed E-state index contributed by atoms with van der Waals surface area (Å²) < 4.78 is 5.29. The minimum Gasteiger partial charge on any atom is -0.379 e. The van der Waals surface area contributed by atoms with E-state index in [9.17, 15) is 9.59 Å². The molecule has 19 heavy (non-hydrogen) atoms. The van der Waals surface area contributed by atoms with Crippen molar-refractivity contribution in [3.8, 4) is 0 Å². The van der Waals surface area contributed by atoms with Crippen molar-refractivity contribution >= 4 is 11.8 Å². The van der Waals surface area contributed by atoms with Crippen LogP contribution in [0.5, 0.6) is 0 Å². The van der Waals surface area contributed by atoms with Crippen molar-refractivity contribution < 1.29 is 14.3 Å². The van der Waals surface area contributed by atoms with Crippen LogP contribution >= 0.6 is 0 Å². The third kappa shape index (κ3) is 2.44. The van der Waals surface area contributed by atoms with Crippen molar-refractivity contribution in [2.75, 3.05) is 39.4 Å². The Balaban J connectivity index is 1.60. The van der Waals surface area contributed by atoms with Gasteiger partial charge in [-0.3, -0.25) is 19.4 Å². The van der Waals surface area contributed by atoms with E-state index in [1.54, 1.807) is 0 Å². The molecule has 0 atom stereocenters. The van der Waals surface area contributed by atoms with Crippen LogP contribution in [0.4, 0.5) is 0 Å². The van der Waals surface area contributed by atoms with E-state index in [4.69, 9.17) is 4.74 Å². The molecule has 3 aliphatic rings. The normalized spacial score (nSPS) is 25.2. The molecule has 5 nitrogen and oxygen atoms in total. The maximum absolute atomic E-state index is 12.2. The van der Waals surface area contributed by atoms with E-state index in [0.29, 0.717) is 6.54 Å². The van der Waals surface area contributed by atoms with Crippen molar-refractivity contribution in [3.63, 3.8) is 0 Å². The number of amides is 2. The fourth-order valence-electron chi connectivity index (χ4n) is 3.06. The van der Waals surface area contributed by atoms with E-state index in [1.165, 1.54) is 4.90 Å². The molecular weight excluding hydrogens is 244 g/mol. The minimum atomic E-state index is -0.0343. The highest BCUT2D eigenvalue weighted by atomic mass is 16.5. The average Bonchev–Trinajstić information content (AvgIpc) is 2.71. The largest absolute Gasteiger partial charge is 0.379 e. The second-order valence-electron chi connectivity index (χ2n) is 5.38. The highest BCUT2D eigenvalue weighted by molar-refractivity contribution is 6.19. The lowest BCUT2D eigenvalue weighted by Gasteiger charge is -2.28. The molecular formula is C14H20N2O3. The summed E-state index contributed by atoms with van der Waals surface area (Å²) in [5, 5.41) is 0. The molecule has 1 aliphatic carbocycles. The number of ether oxygens (including phenoxy) is 1. The maximum atomic E-state index is 12.2. The van der Waals surface area contributed by atoms with Gasteiger partial charge in [-0.25, -0.2) is 0 Å². The molecule has 0 spiro atoms. The molecule has 0 saturated carbocycles. The zero-order valence-electron chi connectivity index (χ0n) is 11.2. The van der Waals surface area contributed by atoms with Gasteiger partial charge in [-0.2, -0.15) is 0 Å². The van der Waals surface area contributed by atoms with Crippen LogP contribution in [0, 0.1) is 0 Å². The number of nitrogens with zero attached hydrogens (tertiary/aromatic N) is 2. The number of hydrogen-bond donors (Lipinski definition) is 0. The number of rotatable bonds is 3. The summed E-state index contributed by atoms with van der Waals surface area (Å²) in [6.45, 7) is 4.56. The lowest BCUT2D eigenvalue weighted by Crippen LogP contribution is -2.43. The van der Waals surface area contributed by atoms with Crippen LogP contribution in [-0.2, 0) is 14.3 Å². The summed E-state index contributed by atoms with van der Waals surface area (Å²) >= 11 is 0. The Morgan fingerprint density at radius 3 is 2.05 bits per heavy atom. The number of hydrogen-bond acceptors (Lipinski definition) is 4. The minimum absolute atomic E-state index is 0.0343. The highest BCUT2D eigenvalue weighted by Gasteiger charge is 2.38. The van der Waals surface area contributed by atoms with Crippen LogP contribution in [-0.4, -0.2) is 61.0 Å². The Morgan fingerprint density at radius 2 is 1.47 bits per heavy atom. The van der Waals surface area contributed by atoms with Gasteiger partial charge in [0.15, 0.2) is 0 Å². The number of morpholine rings is 1. The van der Waals surface area contributed by atoms with E-state index in [0.717, 1.165) is 69.7 Å². The number of carbonyl (C=O) groups excluding carboxylic acids is 2. The summed E-state index contributed by atoms with van der Waals surface area (Å²) in [6, 6.07) is 0. The summed E-state index contributed by atoms with van der Waals surface area (Å²) in [5.74, 6) is -0.0686. The first-order valence-electron chi connectivity index (χ1n) is 7.15. The Labute approximate surface area is 113 Å². The van der Waals surface area contributed by atoms with E-state index >= 15 is 0 Å². The Hall–Kier alpha value is -1.20. The molecule has 2 aliphatic heterocycles. The first kappa shape index (κ1) is 12.8. The zero-order chi connectivity index (χ0) is 13.2. The van der Waals surface area contributed by atoms with E-state index in [1.807, 2.05) is 0 Å². The van der Waals surface area contributed by atoms with Gasteiger partial charge in [0.05, 0.1) is 13.2 Å². The molecule has 0 aromatic carbocycles. The van der Waals surface area contributed by atoms with E-state index in [-0.39, 0.29) is 11.8 Å². The first-order valence-corrected chi connectivity index (χ1v) is 7.15. The van der Waals surface area contributed by atoms with Crippen LogP contribution in [0.1, 0.15) is 25.7 Å². The van der Waals surface area contributed by atoms with Crippen LogP contribution in [0.2, 0.25) is 0 Å². The van der Waals surface area contributed by atoms with Gasteiger partial charge in [0, 0.05) is 37.3 Å². The van der Waals surface area contributed by atoms with Crippen molar-refractivity contribution in [2.24, 2.45) is 0 Å². The molecule has 1 saturated heterocycles. The molecule has 2 heterocycles. The van der Waals surface area contributed by atoms with Gasteiger partial charge in [0.1, 0.15) is 0 Å². The van der Waals surface area contributed by atoms with Crippen LogP contribution in [0.15, 0.2) is 11.1 Å². The summed E-state index contributed by atoms with van der Waals surface area (Å²) in [5.41, 5.74) is 1.58. The van der Waals surface area contributed by atoms with E-state index in [2.05, 4.69) is 4.90 Å². The molecule has 0 unspecified atom stereocenters. The SMILES string of the molecule is O=C1C2=C(CCCC2)C(=O)N1CCN1CCOCC1. The third-order valence-electron chi connectivity index (χ3n) is 4.22. The second kappa shape index (κ2) is 5.43. The van der Waals surface area contributed by atoms with Crippen LogP contribution in [0.25, 0.3) is 0 Å². The smallest absolute Gasteiger partial charge is 0.257 e. The topological polar surface area (TPSA) is 49.9 Å². The predicted molar refractivity (Wildman–Crippen MR) is 69.5 cm³/mol. The van der Waals surface area contributed by atoms with Crippen molar-refractivity contribution in [1.82, 2.24) is 9.80 Å². The third-order valence-corrected chi connectivity index (χ3v) is 4.22. The molecule has 0 N–H and O–H groups in total. The monoisotopic (exact) mass is 264 g/mol. The van der Waals surface area contributed by atoms with Crippen LogP contribution in [0.3, 0.4) is 0 Å². The molecule has 5 heteroatoms. The van der Waals surface area contributed by atoms with Gasteiger partial charge >= 0.3 is 0 Å². The molecule has 0 radical (unpaired) electrons. The fraction of sp³-hybridized carbons (Fsp3) is 0.714. The summed E-state index contributed by atoms with van der Waals surface area (Å²) in [4.78, 5) is 28.2. The standard InChI is InChI=1S/C14H20N2O3/c17-13-11-3-1-2-4-12(11)14(18)16(13)6-5-15-7-9-19-10-8-15/h1-10H2. The lowest BCUT2D eigenvalue weighted by molar-refractivity contribution is -0.138. The van der Waals surface area contributed by atoms with Gasteiger partial charge in [-0.05, 0) is 25.7 Å². The van der Waals surface area contributed by atoms with Gasteiger partial charge in [0.25, 0.3) is 11.8 Å². The Morgan fingerprint density at radius 1 is 0.895 bits per heavy atom. The highest BCUT2D eigenvalue weighted by Crippen LogP contribution is 2.32. The maximum Gasteiger partial charge on any atom is 0.257 e. The summed E-state index contributed by atoms with van der Waals surface area (Å²) in [7, 11) is 0. The average molecular weight is 264 g/mol. The summed E-state index contributed by atoms with van der Waals surface area (Å²) in [6.07, 6.45) is 3.65. The molecule has 1 fully saturated rings. The van der Waals surface area contributed by atoms with Crippen molar-refractivity contribution in [3.05, 3.63) is 11.1 Å². The molecule has 0 aromatic rings. The predicted octanol–water partition coefficient (Wildman–Crippen LogP) is 0.558. The molecule has 2 amide bonds. The van der Waals surface area contributed by atoms with Gasteiger partial charge in [-0.1, -0.05) is 0 Å².